The fourth-order valence-corrected chi connectivity index (χ4v) is 3.30. The Balaban J connectivity index is 1.63. The lowest BCUT2D eigenvalue weighted by Crippen LogP contribution is -2.37. The first-order chi connectivity index (χ1) is 11.5. The number of furan rings is 1. The molecule has 128 valence electrons. The van der Waals surface area contributed by atoms with Crippen molar-refractivity contribution in [1.29, 1.82) is 0 Å². The summed E-state index contributed by atoms with van der Waals surface area (Å²) in [4.78, 5) is 14.5. The van der Waals surface area contributed by atoms with Crippen LogP contribution in [0.5, 0.6) is 5.75 Å². The molecule has 0 spiro atoms. The summed E-state index contributed by atoms with van der Waals surface area (Å²) in [7, 11) is 0. The van der Waals surface area contributed by atoms with Gasteiger partial charge < -0.3 is 19.5 Å². The van der Waals surface area contributed by atoms with Crippen molar-refractivity contribution >= 4 is 5.91 Å². The number of aliphatic hydroxyl groups is 1. The van der Waals surface area contributed by atoms with Crippen molar-refractivity contribution in [2.45, 2.75) is 44.8 Å². The Morgan fingerprint density at radius 1 is 1.42 bits per heavy atom. The van der Waals surface area contributed by atoms with E-state index in [4.69, 9.17) is 4.42 Å². The van der Waals surface area contributed by atoms with E-state index >= 15 is 0 Å². The van der Waals surface area contributed by atoms with Crippen LogP contribution in [0.15, 0.2) is 41.0 Å². The lowest BCUT2D eigenvalue weighted by molar-refractivity contribution is -0.131. The Hall–Kier alpha value is -2.27. The molecule has 0 aliphatic carbocycles. The largest absolute Gasteiger partial charge is 0.508 e. The second-order valence-electron chi connectivity index (χ2n) is 6.45. The number of likely N-dealkylation sites (tertiary alicyclic amines) is 1. The van der Waals surface area contributed by atoms with Crippen molar-refractivity contribution < 1.29 is 19.4 Å². The number of benzene rings is 1. The molecule has 1 amide bonds. The Morgan fingerprint density at radius 2 is 2.25 bits per heavy atom. The monoisotopic (exact) mass is 329 g/mol. The number of carbonyl (C=O) groups is 1. The Bertz CT molecular complexity index is 695. The van der Waals surface area contributed by atoms with E-state index < -0.39 is 6.10 Å². The Morgan fingerprint density at radius 3 is 2.96 bits per heavy atom. The minimum atomic E-state index is -0.693. The normalized spacial score (nSPS) is 18.8. The summed E-state index contributed by atoms with van der Waals surface area (Å²) >= 11 is 0. The minimum Gasteiger partial charge on any atom is -0.508 e. The summed E-state index contributed by atoms with van der Waals surface area (Å²) in [6, 6.07) is 8.86. The molecule has 2 heterocycles. The highest BCUT2D eigenvalue weighted by atomic mass is 16.4. The molecule has 24 heavy (non-hydrogen) atoms. The van der Waals surface area contributed by atoms with E-state index in [-0.39, 0.29) is 24.1 Å². The zero-order valence-corrected chi connectivity index (χ0v) is 13.8. The fraction of sp³-hybridized carbons (Fsp3) is 0.421. The van der Waals surface area contributed by atoms with Crippen LogP contribution >= 0.6 is 0 Å². The maximum absolute atomic E-state index is 12.6. The van der Waals surface area contributed by atoms with E-state index in [2.05, 4.69) is 0 Å². The molecule has 2 aromatic rings. The van der Waals surface area contributed by atoms with Gasteiger partial charge in [-0.05, 0) is 49.1 Å². The van der Waals surface area contributed by atoms with E-state index in [0.29, 0.717) is 18.7 Å². The highest BCUT2D eigenvalue weighted by Gasteiger charge is 2.31. The van der Waals surface area contributed by atoms with Crippen LogP contribution in [0.2, 0.25) is 0 Å². The van der Waals surface area contributed by atoms with E-state index in [1.165, 1.54) is 0 Å². The van der Waals surface area contributed by atoms with Gasteiger partial charge in [0.25, 0.3) is 0 Å². The lowest BCUT2D eigenvalue weighted by atomic mass is 10.0. The summed E-state index contributed by atoms with van der Waals surface area (Å²) in [5.41, 5.74) is 1.60. The van der Waals surface area contributed by atoms with Gasteiger partial charge in [-0.3, -0.25) is 4.79 Å². The second-order valence-corrected chi connectivity index (χ2v) is 6.45. The molecule has 1 saturated heterocycles. The molecule has 0 saturated carbocycles. The van der Waals surface area contributed by atoms with Crippen LogP contribution in [-0.2, 0) is 11.2 Å². The van der Waals surface area contributed by atoms with E-state index in [0.717, 1.165) is 24.0 Å². The first-order valence-corrected chi connectivity index (χ1v) is 8.34. The van der Waals surface area contributed by atoms with Gasteiger partial charge in [0, 0.05) is 19.0 Å². The van der Waals surface area contributed by atoms with Crippen LogP contribution in [0.25, 0.3) is 0 Å². The highest BCUT2D eigenvalue weighted by molar-refractivity contribution is 5.79. The topological polar surface area (TPSA) is 73.9 Å². The number of rotatable bonds is 5. The van der Waals surface area contributed by atoms with Gasteiger partial charge in [0.05, 0.1) is 12.7 Å². The van der Waals surface area contributed by atoms with Crippen molar-refractivity contribution in [2.75, 3.05) is 6.54 Å². The number of carbonyl (C=O) groups excluding carboxylic acids is 1. The number of aliphatic hydroxyl groups excluding tert-OH is 1. The van der Waals surface area contributed by atoms with Gasteiger partial charge in [0.15, 0.2) is 0 Å². The third-order valence-electron chi connectivity index (χ3n) is 4.69. The molecular formula is C19H23NO4. The van der Waals surface area contributed by atoms with Crippen LogP contribution in [0.1, 0.15) is 42.3 Å². The lowest BCUT2D eigenvalue weighted by Gasteiger charge is -2.26. The fourth-order valence-electron chi connectivity index (χ4n) is 3.30. The average Bonchev–Trinajstić information content (AvgIpc) is 3.22. The third kappa shape index (κ3) is 3.62. The number of hydrogen-bond donors (Lipinski definition) is 2. The van der Waals surface area contributed by atoms with Crippen LogP contribution < -0.4 is 0 Å². The predicted octanol–water partition coefficient (Wildman–Crippen LogP) is 2.95. The maximum atomic E-state index is 12.6. The quantitative estimate of drug-likeness (QED) is 0.884. The van der Waals surface area contributed by atoms with Gasteiger partial charge in [-0.1, -0.05) is 12.1 Å². The van der Waals surface area contributed by atoms with Gasteiger partial charge in [-0.2, -0.15) is 0 Å². The van der Waals surface area contributed by atoms with Gasteiger partial charge >= 0.3 is 0 Å². The van der Waals surface area contributed by atoms with Crippen LogP contribution in [-0.4, -0.2) is 33.6 Å². The Labute approximate surface area is 141 Å². The molecule has 0 bridgehead atoms. The molecule has 1 aliphatic heterocycles. The van der Waals surface area contributed by atoms with Crippen LogP contribution in [0.4, 0.5) is 0 Å². The number of aryl methyl sites for hydroxylation is 1. The molecule has 3 rings (SSSR count). The summed E-state index contributed by atoms with van der Waals surface area (Å²) in [5.74, 6) is 0.789. The Kier molecular flexibility index (Phi) is 4.90. The zero-order chi connectivity index (χ0) is 17.1. The smallest absolute Gasteiger partial charge is 0.227 e. The molecule has 5 nitrogen and oxygen atoms in total. The zero-order valence-electron chi connectivity index (χ0n) is 13.8. The van der Waals surface area contributed by atoms with Crippen molar-refractivity contribution in [2.24, 2.45) is 0 Å². The summed E-state index contributed by atoms with van der Waals surface area (Å²) in [6.07, 6.45) is 3.43. The molecule has 1 aromatic carbocycles. The molecule has 2 atom stereocenters. The number of amides is 1. The van der Waals surface area contributed by atoms with E-state index in [1.807, 2.05) is 24.0 Å². The molecule has 1 fully saturated rings. The summed E-state index contributed by atoms with van der Waals surface area (Å²) in [5, 5.41) is 20.0. The molecule has 1 aromatic heterocycles. The standard InChI is InChI=1S/C19H23NO4/c1-13-6-7-14(10-16(13)21)11-19(23)20-8-2-4-15(20)12-17(22)18-5-3-9-24-18/h3,5-7,9-10,15,17,21-22H,2,4,8,11-12H2,1H3. The van der Waals surface area contributed by atoms with Crippen molar-refractivity contribution in [3.8, 4) is 5.75 Å². The first-order valence-electron chi connectivity index (χ1n) is 8.34. The van der Waals surface area contributed by atoms with E-state index in [1.54, 1.807) is 24.5 Å². The second kappa shape index (κ2) is 7.09. The van der Waals surface area contributed by atoms with Crippen LogP contribution in [0.3, 0.4) is 0 Å². The minimum absolute atomic E-state index is 0.0247. The number of phenols is 1. The van der Waals surface area contributed by atoms with Crippen molar-refractivity contribution in [3.63, 3.8) is 0 Å². The van der Waals surface area contributed by atoms with E-state index in [9.17, 15) is 15.0 Å². The van der Waals surface area contributed by atoms with Gasteiger partial charge in [0.1, 0.15) is 17.6 Å². The van der Waals surface area contributed by atoms with Crippen LogP contribution in [0, 0.1) is 6.92 Å². The molecule has 1 aliphatic rings. The number of nitrogens with zero attached hydrogens (tertiary/aromatic N) is 1. The summed E-state index contributed by atoms with van der Waals surface area (Å²) in [6.45, 7) is 2.54. The van der Waals surface area contributed by atoms with Gasteiger partial charge in [-0.15, -0.1) is 0 Å². The molecule has 0 radical (unpaired) electrons. The molecule has 2 N–H and O–H groups in total. The molecule has 2 unspecified atom stereocenters. The number of phenolic OH excluding ortho intramolecular Hbond substituents is 1. The van der Waals surface area contributed by atoms with Crippen molar-refractivity contribution in [3.05, 3.63) is 53.5 Å². The highest BCUT2D eigenvalue weighted by Crippen LogP contribution is 2.28. The first kappa shape index (κ1) is 16.6. The predicted molar refractivity (Wildman–Crippen MR) is 89.6 cm³/mol. The number of hydrogen-bond acceptors (Lipinski definition) is 4. The van der Waals surface area contributed by atoms with Gasteiger partial charge in [-0.25, -0.2) is 0 Å². The molecular weight excluding hydrogens is 306 g/mol. The summed E-state index contributed by atoms with van der Waals surface area (Å²) < 4.78 is 5.24. The SMILES string of the molecule is Cc1ccc(CC(=O)N2CCCC2CC(O)c2ccco2)cc1O. The number of aromatic hydroxyl groups is 1. The van der Waals surface area contributed by atoms with Gasteiger partial charge in [0.2, 0.25) is 5.91 Å². The maximum Gasteiger partial charge on any atom is 0.227 e. The van der Waals surface area contributed by atoms with Crippen molar-refractivity contribution in [1.82, 2.24) is 4.90 Å². The molecule has 5 heteroatoms. The average molecular weight is 329 g/mol. The third-order valence-corrected chi connectivity index (χ3v) is 4.69.